The van der Waals surface area contributed by atoms with E-state index in [2.05, 4.69) is 0 Å². The number of hydrogen-bond acceptors (Lipinski definition) is 3. The summed E-state index contributed by atoms with van der Waals surface area (Å²) >= 11 is 0. The zero-order valence-corrected chi connectivity index (χ0v) is 11.7. The number of carboxylic acid groups (broad SMARTS) is 1. The first-order valence-electron chi connectivity index (χ1n) is 7.15. The van der Waals surface area contributed by atoms with E-state index < -0.39 is 17.2 Å². The second-order valence-corrected chi connectivity index (χ2v) is 5.86. The SMILES string of the molecule is Cc1cccc(C2(C(=O)O)CCC3(CC2)OCCO3)c1. The third kappa shape index (κ3) is 2.13. The number of hydrogen-bond donors (Lipinski definition) is 1. The van der Waals surface area contributed by atoms with Crippen molar-refractivity contribution in [2.45, 2.75) is 43.8 Å². The van der Waals surface area contributed by atoms with Gasteiger partial charge in [-0.25, -0.2) is 0 Å². The monoisotopic (exact) mass is 276 g/mol. The Bertz CT molecular complexity index is 507. The molecule has 0 amide bonds. The molecule has 1 aromatic carbocycles. The van der Waals surface area contributed by atoms with Crippen molar-refractivity contribution in [2.75, 3.05) is 13.2 Å². The Labute approximate surface area is 118 Å². The predicted molar refractivity (Wildman–Crippen MR) is 73.6 cm³/mol. The van der Waals surface area contributed by atoms with E-state index in [-0.39, 0.29) is 0 Å². The minimum absolute atomic E-state index is 0.525. The summed E-state index contributed by atoms with van der Waals surface area (Å²) < 4.78 is 11.4. The van der Waals surface area contributed by atoms with Crippen LogP contribution >= 0.6 is 0 Å². The van der Waals surface area contributed by atoms with Crippen LogP contribution in [0.5, 0.6) is 0 Å². The maximum Gasteiger partial charge on any atom is 0.314 e. The fourth-order valence-electron chi connectivity index (χ4n) is 3.41. The van der Waals surface area contributed by atoms with Crippen LogP contribution in [0.1, 0.15) is 36.8 Å². The molecule has 1 spiro atoms. The standard InChI is InChI=1S/C16H20O4/c1-12-3-2-4-13(11-12)15(14(17)18)5-7-16(8-6-15)19-9-10-20-16/h2-4,11H,5-10H2,1H3,(H,17,18). The lowest BCUT2D eigenvalue weighted by atomic mass is 9.67. The Kier molecular flexibility index (Phi) is 3.30. The Morgan fingerprint density at radius 1 is 1.15 bits per heavy atom. The van der Waals surface area contributed by atoms with Gasteiger partial charge in [0.15, 0.2) is 5.79 Å². The molecule has 108 valence electrons. The van der Waals surface area contributed by atoms with E-state index in [1.54, 1.807) is 0 Å². The molecule has 4 heteroatoms. The molecule has 1 aromatic rings. The van der Waals surface area contributed by atoms with E-state index in [0.29, 0.717) is 38.9 Å². The van der Waals surface area contributed by atoms with Gasteiger partial charge in [0, 0.05) is 12.8 Å². The van der Waals surface area contributed by atoms with Crippen LogP contribution in [0.25, 0.3) is 0 Å². The lowest BCUT2D eigenvalue weighted by molar-refractivity contribution is -0.189. The van der Waals surface area contributed by atoms with Crippen LogP contribution in [0.15, 0.2) is 24.3 Å². The van der Waals surface area contributed by atoms with Crippen molar-refractivity contribution >= 4 is 5.97 Å². The second kappa shape index (κ2) is 4.86. The molecule has 2 aliphatic rings. The Morgan fingerprint density at radius 3 is 2.35 bits per heavy atom. The number of rotatable bonds is 2. The van der Waals surface area contributed by atoms with Crippen molar-refractivity contribution in [3.05, 3.63) is 35.4 Å². The van der Waals surface area contributed by atoms with Crippen LogP contribution in [-0.2, 0) is 19.7 Å². The zero-order valence-electron chi connectivity index (χ0n) is 11.7. The number of carboxylic acids is 1. The van der Waals surface area contributed by atoms with Gasteiger partial charge in [-0.05, 0) is 25.3 Å². The Hall–Kier alpha value is -1.39. The summed E-state index contributed by atoms with van der Waals surface area (Å²) in [5.41, 5.74) is 1.20. The molecule has 1 saturated heterocycles. The van der Waals surface area contributed by atoms with Crippen molar-refractivity contribution in [3.8, 4) is 0 Å². The summed E-state index contributed by atoms with van der Waals surface area (Å²) in [6.07, 6.45) is 2.41. The van der Waals surface area contributed by atoms with E-state index in [1.165, 1.54) is 0 Å². The summed E-state index contributed by atoms with van der Waals surface area (Å²) in [7, 11) is 0. The smallest absolute Gasteiger partial charge is 0.314 e. The summed E-state index contributed by atoms with van der Waals surface area (Å²) in [5, 5.41) is 9.78. The van der Waals surface area contributed by atoms with E-state index in [4.69, 9.17) is 9.47 Å². The lowest BCUT2D eigenvalue weighted by Crippen LogP contribution is -2.46. The first-order valence-corrected chi connectivity index (χ1v) is 7.15. The number of ether oxygens (including phenoxy) is 2. The molecule has 0 atom stereocenters. The molecule has 2 fully saturated rings. The van der Waals surface area contributed by atoms with Crippen LogP contribution in [0.2, 0.25) is 0 Å². The Balaban J connectivity index is 1.89. The molecule has 0 bridgehead atoms. The average molecular weight is 276 g/mol. The molecule has 1 saturated carbocycles. The van der Waals surface area contributed by atoms with Gasteiger partial charge in [-0.2, -0.15) is 0 Å². The normalized spacial score (nSPS) is 23.9. The first kappa shape index (κ1) is 13.6. The van der Waals surface area contributed by atoms with Gasteiger partial charge in [0.25, 0.3) is 0 Å². The van der Waals surface area contributed by atoms with Gasteiger partial charge in [0.1, 0.15) is 0 Å². The van der Waals surface area contributed by atoms with Crippen LogP contribution < -0.4 is 0 Å². The molecule has 0 radical (unpaired) electrons. The number of carbonyl (C=O) groups is 1. The first-order chi connectivity index (χ1) is 9.56. The van der Waals surface area contributed by atoms with Crippen molar-refractivity contribution in [1.29, 1.82) is 0 Å². The van der Waals surface area contributed by atoms with Gasteiger partial charge in [-0.3, -0.25) is 4.79 Å². The quantitative estimate of drug-likeness (QED) is 0.902. The van der Waals surface area contributed by atoms with E-state index in [0.717, 1.165) is 11.1 Å². The van der Waals surface area contributed by atoms with E-state index in [1.807, 2.05) is 31.2 Å². The molecule has 0 aromatic heterocycles. The summed E-state index contributed by atoms with van der Waals surface area (Å²) in [4.78, 5) is 11.9. The van der Waals surface area contributed by atoms with Crippen LogP contribution in [-0.4, -0.2) is 30.1 Å². The van der Waals surface area contributed by atoms with Crippen molar-refractivity contribution < 1.29 is 19.4 Å². The van der Waals surface area contributed by atoms with Gasteiger partial charge >= 0.3 is 5.97 Å². The zero-order chi connectivity index (χ0) is 14.2. The summed E-state index contributed by atoms with van der Waals surface area (Å²) in [5.74, 6) is -1.26. The van der Waals surface area contributed by atoms with Gasteiger partial charge in [0.05, 0.1) is 18.6 Å². The van der Waals surface area contributed by atoms with E-state index >= 15 is 0 Å². The number of benzene rings is 1. The average Bonchev–Trinajstić information content (AvgIpc) is 2.88. The molecule has 1 heterocycles. The van der Waals surface area contributed by atoms with Crippen LogP contribution in [0.4, 0.5) is 0 Å². The number of aliphatic carboxylic acids is 1. The summed E-state index contributed by atoms with van der Waals surface area (Å²) in [6.45, 7) is 3.22. The highest BCUT2D eigenvalue weighted by Crippen LogP contribution is 2.46. The minimum atomic E-state index is -0.799. The topological polar surface area (TPSA) is 55.8 Å². The summed E-state index contributed by atoms with van der Waals surface area (Å²) in [6, 6.07) is 7.84. The highest BCUT2D eigenvalue weighted by Gasteiger charge is 2.50. The molecule has 1 N–H and O–H groups in total. The third-order valence-corrected chi connectivity index (χ3v) is 4.66. The van der Waals surface area contributed by atoms with Gasteiger partial charge in [-0.1, -0.05) is 29.8 Å². The largest absolute Gasteiger partial charge is 0.481 e. The molecule has 20 heavy (non-hydrogen) atoms. The second-order valence-electron chi connectivity index (χ2n) is 5.86. The number of aryl methyl sites for hydroxylation is 1. The lowest BCUT2D eigenvalue weighted by Gasteiger charge is -2.41. The highest BCUT2D eigenvalue weighted by atomic mass is 16.7. The van der Waals surface area contributed by atoms with Gasteiger partial charge in [0.2, 0.25) is 0 Å². The molecule has 3 rings (SSSR count). The van der Waals surface area contributed by atoms with Crippen LogP contribution in [0.3, 0.4) is 0 Å². The van der Waals surface area contributed by atoms with Gasteiger partial charge < -0.3 is 14.6 Å². The molecule has 4 nitrogen and oxygen atoms in total. The maximum absolute atomic E-state index is 11.9. The predicted octanol–water partition coefficient (Wildman–Crippen LogP) is 2.63. The van der Waals surface area contributed by atoms with Crippen molar-refractivity contribution in [3.63, 3.8) is 0 Å². The molecule has 1 aliphatic carbocycles. The van der Waals surface area contributed by atoms with Crippen molar-refractivity contribution in [1.82, 2.24) is 0 Å². The van der Waals surface area contributed by atoms with Crippen molar-refractivity contribution in [2.24, 2.45) is 0 Å². The van der Waals surface area contributed by atoms with Gasteiger partial charge in [-0.15, -0.1) is 0 Å². The molecular weight excluding hydrogens is 256 g/mol. The maximum atomic E-state index is 11.9. The molecule has 1 aliphatic heterocycles. The van der Waals surface area contributed by atoms with E-state index in [9.17, 15) is 9.90 Å². The minimum Gasteiger partial charge on any atom is -0.481 e. The Morgan fingerprint density at radius 2 is 1.80 bits per heavy atom. The fourth-order valence-corrected chi connectivity index (χ4v) is 3.41. The molecule has 0 unspecified atom stereocenters. The van der Waals surface area contributed by atoms with Crippen LogP contribution in [0, 0.1) is 6.92 Å². The highest BCUT2D eigenvalue weighted by molar-refractivity contribution is 5.81. The fraction of sp³-hybridized carbons (Fsp3) is 0.562. The molecular formula is C16H20O4. The third-order valence-electron chi connectivity index (χ3n) is 4.66.